The van der Waals surface area contributed by atoms with Crippen LogP contribution in [0.2, 0.25) is 10.0 Å². The number of nitrogens with one attached hydrogen (secondary N) is 2. The van der Waals surface area contributed by atoms with Crippen molar-refractivity contribution in [3.8, 4) is 11.5 Å². The van der Waals surface area contributed by atoms with Gasteiger partial charge < -0.3 is 14.8 Å². The molecular formula is C28H22BrCl2N3O6. The maximum absolute atomic E-state index is 13.2. The number of methoxy groups -OCH3 is 1. The summed E-state index contributed by atoms with van der Waals surface area (Å²) in [7, 11) is 1.41. The van der Waals surface area contributed by atoms with Gasteiger partial charge >= 0.3 is 6.03 Å². The van der Waals surface area contributed by atoms with Crippen molar-refractivity contribution >= 4 is 80.3 Å². The molecule has 0 atom stereocenters. The Morgan fingerprint density at radius 2 is 1.80 bits per heavy atom. The molecular weight excluding hydrogens is 625 g/mol. The van der Waals surface area contributed by atoms with Crippen LogP contribution in [0, 0.1) is 13.8 Å². The smallest absolute Gasteiger partial charge is 0.335 e. The third-order valence-corrected chi connectivity index (χ3v) is 7.16. The number of aryl methyl sites for hydroxylation is 2. The number of nitrogens with zero attached hydrogens (tertiary/aromatic N) is 1. The number of halogens is 3. The van der Waals surface area contributed by atoms with Gasteiger partial charge in [0.05, 0.1) is 27.3 Å². The number of amides is 5. The van der Waals surface area contributed by atoms with E-state index in [0.29, 0.717) is 15.7 Å². The molecule has 0 aromatic heterocycles. The average Bonchev–Trinajstić information content (AvgIpc) is 2.89. The first-order valence-corrected chi connectivity index (χ1v) is 13.3. The lowest BCUT2D eigenvalue weighted by molar-refractivity contribution is -0.122. The second kappa shape index (κ2) is 12.1. The van der Waals surface area contributed by atoms with Crippen LogP contribution in [-0.2, 0) is 14.4 Å². The summed E-state index contributed by atoms with van der Waals surface area (Å²) in [4.78, 5) is 51.6. The van der Waals surface area contributed by atoms with E-state index in [1.54, 1.807) is 6.07 Å². The van der Waals surface area contributed by atoms with E-state index in [2.05, 4.69) is 26.6 Å². The molecule has 0 saturated carbocycles. The predicted octanol–water partition coefficient (Wildman–Crippen LogP) is 6.07. The molecule has 3 aromatic rings. The van der Waals surface area contributed by atoms with E-state index in [0.717, 1.165) is 16.0 Å². The number of rotatable bonds is 7. The molecule has 12 heteroatoms. The van der Waals surface area contributed by atoms with Crippen molar-refractivity contribution in [2.75, 3.05) is 23.9 Å². The van der Waals surface area contributed by atoms with Gasteiger partial charge in [0.15, 0.2) is 18.1 Å². The van der Waals surface area contributed by atoms with Gasteiger partial charge in [-0.1, -0.05) is 40.9 Å². The van der Waals surface area contributed by atoms with E-state index in [4.69, 9.17) is 32.7 Å². The molecule has 0 spiro atoms. The Bertz CT molecular complexity index is 1590. The SMILES string of the molecule is COc1cc(/C=C2/C(=O)NC(=O)N(c3ccc(Cl)c(Cl)c3)C2=O)cc(Br)c1OCC(=O)Nc1ccc(C)cc1C. The number of benzene rings is 3. The van der Waals surface area contributed by atoms with E-state index >= 15 is 0 Å². The fraction of sp³-hybridized carbons (Fsp3) is 0.143. The van der Waals surface area contributed by atoms with E-state index in [-0.39, 0.29) is 45.3 Å². The first-order valence-electron chi connectivity index (χ1n) is 11.7. The number of ether oxygens (including phenoxy) is 2. The van der Waals surface area contributed by atoms with Crippen molar-refractivity contribution in [2.24, 2.45) is 0 Å². The normalized spacial score (nSPS) is 14.3. The summed E-state index contributed by atoms with van der Waals surface area (Å²) < 4.78 is 11.6. The number of hydrogen-bond donors (Lipinski definition) is 2. The van der Waals surface area contributed by atoms with Crippen LogP contribution in [0.1, 0.15) is 16.7 Å². The van der Waals surface area contributed by atoms with Crippen LogP contribution >= 0.6 is 39.1 Å². The largest absolute Gasteiger partial charge is 0.493 e. The van der Waals surface area contributed by atoms with Crippen LogP contribution in [-0.4, -0.2) is 37.5 Å². The topological polar surface area (TPSA) is 114 Å². The summed E-state index contributed by atoms with van der Waals surface area (Å²) in [5.74, 6) is -1.62. The van der Waals surface area contributed by atoms with Gasteiger partial charge in [-0.3, -0.25) is 19.7 Å². The average molecular weight is 647 g/mol. The molecule has 4 rings (SSSR count). The van der Waals surface area contributed by atoms with E-state index in [9.17, 15) is 19.2 Å². The number of urea groups is 1. The molecule has 9 nitrogen and oxygen atoms in total. The number of anilines is 2. The highest BCUT2D eigenvalue weighted by Crippen LogP contribution is 2.38. The first-order chi connectivity index (χ1) is 19.0. The summed E-state index contributed by atoms with van der Waals surface area (Å²) in [5.41, 5.74) is 2.90. The maximum Gasteiger partial charge on any atom is 0.335 e. The van der Waals surface area contributed by atoms with Crippen molar-refractivity contribution < 1.29 is 28.7 Å². The van der Waals surface area contributed by atoms with Crippen molar-refractivity contribution in [1.82, 2.24) is 5.32 Å². The second-order valence-corrected chi connectivity index (χ2v) is 10.4. The molecule has 0 aliphatic carbocycles. The summed E-state index contributed by atoms with van der Waals surface area (Å²) in [6, 6.07) is 12.1. The second-order valence-electron chi connectivity index (χ2n) is 8.75. The molecule has 40 heavy (non-hydrogen) atoms. The molecule has 1 aliphatic rings. The number of barbiturate groups is 1. The Morgan fingerprint density at radius 1 is 1.05 bits per heavy atom. The van der Waals surface area contributed by atoms with Gasteiger partial charge in [0.2, 0.25) is 0 Å². The zero-order valence-corrected chi connectivity index (χ0v) is 24.5. The maximum atomic E-state index is 13.2. The molecule has 0 radical (unpaired) electrons. The van der Waals surface area contributed by atoms with Crippen LogP contribution in [0.3, 0.4) is 0 Å². The molecule has 5 amide bonds. The van der Waals surface area contributed by atoms with Gasteiger partial charge in [-0.25, -0.2) is 9.69 Å². The Hall–Kier alpha value is -3.86. The monoisotopic (exact) mass is 645 g/mol. The highest BCUT2D eigenvalue weighted by atomic mass is 79.9. The number of carbonyl (C=O) groups excluding carboxylic acids is 4. The van der Waals surface area contributed by atoms with Crippen LogP contribution in [0.15, 0.2) is 58.6 Å². The molecule has 1 heterocycles. The lowest BCUT2D eigenvalue weighted by atomic mass is 10.1. The molecule has 2 N–H and O–H groups in total. The van der Waals surface area contributed by atoms with Gasteiger partial charge in [0.25, 0.3) is 17.7 Å². The fourth-order valence-corrected chi connectivity index (χ4v) is 4.79. The van der Waals surface area contributed by atoms with Crippen molar-refractivity contribution in [3.63, 3.8) is 0 Å². The quantitative estimate of drug-likeness (QED) is 0.238. The Kier molecular flexibility index (Phi) is 8.82. The van der Waals surface area contributed by atoms with E-state index < -0.39 is 17.8 Å². The standard InChI is InChI=1S/C28H22BrCl2N3O6/c1-14-4-7-22(15(2)8-14)32-24(35)13-40-25-19(29)10-16(11-23(25)39-3)9-18-26(36)33-28(38)34(27(18)37)17-5-6-20(30)21(31)12-17/h4-12H,13H2,1-3H3,(H,32,35)(H,33,36,38)/b18-9-. The van der Waals surface area contributed by atoms with Crippen LogP contribution in [0.25, 0.3) is 6.08 Å². The molecule has 1 aliphatic heterocycles. The number of carbonyl (C=O) groups is 4. The van der Waals surface area contributed by atoms with Crippen LogP contribution in [0.5, 0.6) is 11.5 Å². The van der Waals surface area contributed by atoms with Gasteiger partial charge in [0, 0.05) is 5.69 Å². The molecule has 0 bridgehead atoms. The molecule has 1 saturated heterocycles. The van der Waals surface area contributed by atoms with Crippen LogP contribution in [0.4, 0.5) is 16.2 Å². The first kappa shape index (κ1) is 29.1. The molecule has 3 aromatic carbocycles. The summed E-state index contributed by atoms with van der Waals surface area (Å²) >= 11 is 15.4. The fourth-order valence-electron chi connectivity index (χ4n) is 3.92. The summed E-state index contributed by atoms with van der Waals surface area (Å²) in [6.45, 7) is 3.56. The molecule has 0 unspecified atom stereocenters. The Labute approximate surface area is 248 Å². The highest BCUT2D eigenvalue weighted by Gasteiger charge is 2.37. The van der Waals surface area contributed by atoms with E-state index in [1.165, 1.54) is 37.5 Å². The summed E-state index contributed by atoms with van der Waals surface area (Å²) in [6.07, 6.45) is 1.30. The lowest BCUT2D eigenvalue weighted by Gasteiger charge is -2.26. The Morgan fingerprint density at radius 3 is 2.48 bits per heavy atom. The highest BCUT2D eigenvalue weighted by molar-refractivity contribution is 9.10. The van der Waals surface area contributed by atoms with Crippen molar-refractivity contribution in [1.29, 1.82) is 0 Å². The lowest BCUT2D eigenvalue weighted by Crippen LogP contribution is -2.54. The number of hydrogen-bond acceptors (Lipinski definition) is 6. The van der Waals surface area contributed by atoms with Gasteiger partial charge in [-0.2, -0.15) is 0 Å². The van der Waals surface area contributed by atoms with Crippen molar-refractivity contribution in [3.05, 3.63) is 85.3 Å². The molecule has 206 valence electrons. The zero-order valence-electron chi connectivity index (χ0n) is 21.4. The van der Waals surface area contributed by atoms with Gasteiger partial charge in [0.1, 0.15) is 5.57 Å². The third-order valence-electron chi connectivity index (χ3n) is 5.83. The Balaban J connectivity index is 1.56. The van der Waals surface area contributed by atoms with Gasteiger partial charge in [-0.05, 0) is 83.4 Å². The molecule has 1 fully saturated rings. The minimum atomic E-state index is -0.924. The zero-order chi connectivity index (χ0) is 29.1. The minimum Gasteiger partial charge on any atom is -0.493 e. The predicted molar refractivity (Wildman–Crippen MR) is 156 cm³/mol. The van der Waals surface area contributed by atoms with Crippen molar-refractivity contribution in [2.45, 2.75) is 13.8 Å². The van der Waals surface area contributed by atoms with Gasteiger partial charge in [-0.15, -0.1) is 0 Å². The van der Waals surface area contributed by atoms with Crippen LogP contribution < -0.4 is 25.0 Å². The van der Waals surface area contributed by atoms with E-state index in [1.807, 2.05) is 32.0 Å². The third kappa shape index (κ3) is 6.30. The minimum absolute atomic E-state index is 0.133. The summed E-state index contributed by atoms with van der Waals surface area (Å²) in [5, 5.41) is 5.33. The number of imide groups is 2.